The Balaban J connectivity index is 1.39. The van der Waals surface area contributed by atoms with Crippen molar-refractivity contribution in [3.63, 3.8) is 0 Å². The first kappa shape index (κ1) is 22.7. The topological polar surface area (TPSA) is 28.7 Å². The highest BCUT2D eigenvalue weighted by Crippen LogP contribution is 2.39. The maximum Gasteiger partial charge on any atom is 0.108 e. The van der Waals surface area contributed by atoms with Gasteiger partial charge in [-0.3, -0.25) is 0 Å². The molecule has 0 bridgehead atoms. The van der Waals surface area contributed by atoms with Gasteiger partial charge in [-0.1, -0.05) is 79.4 Å². The second kappa shape index (κ2) is 9.68. The fourth-order valence-corrected chi connectivity index (χ4v) is 6.18. The number of allylic oxidation sites excluding steroid dienone is 3. The van der Waals surface area contributed by atoms with Crippen LogP contribution in [0.1, 0.15) is 63.1 Å². The van der Waals surface area contributed by atoms with Gasteiger partial charge < -0.3 is 4.98 Å². The van der Waals surface area contributed by atoms with E-state index >= 15 is 0 Å². The molecule has 2 aliphatic rings. The zero-order valence-corrected chi connectivity index (χ0v) is 20.9. The highest BCUT2D eigenvalue weighted by molar-refractivity contribution is 6.37. The second-order valence-corrected chi connectivity index (χ2v) is 10.7. The standard InChI is InChI=1S/C29H32Cl2N2/c1-3-18-7-9-21(10-8-18)22-11-13-23(14-12-22)28-24(30)17-26-29(33-28)27(31)25(32-26)16-20-6-5-19(4-2)15-20/h3,9,11-14,17-20,32H,1,4-8,10,15-16H2,2H3. The Hall–Kier alpha value is -2.03. The first-order chi connectivity index (χ1) is 16.1. The number of aromatic amines is 1. The van der Waals surface area contributed by atoms with E-state index in [0.717, 1.165) is 58.2 Å². The van der Waals surface area contributed by atoms with E-state index in [9.17, 15) is 0 Å². The highest BCUT2D eigenvalue weighted by atomic mass is 35.5. The van der Waals surface area contributed by atoms with Gasteiger partial charge in [0.15, 0.2) is 0 Å². The number of hydrogen-bond donors (Lipinski definition) is 1. The number of benzene rings is 1. The Kier molecular flexibility index (Phi) is 6.67. The Morgan fingerprint density at radius 1 is 1.09 bits per heavy atom. The van der Waals surface area contributed by atoms with Crippen LogP contribution in [0.2, 0.25) is 10.0 Å². The first-order valence-corrected chi connectivity index (χ1v) is 13.1. The summed E-state index contributed by atoms with van der Waals surface area (Å²) < 4.78 is 0. The molecule has 2 heterocycles. The fourth-order valence-electron chi connectivity index (χ4n) is 5.65. The van der Waals surface area contributed by atoms with Crippen molar-refractivity contribution >= 4 is 39.8 Å². The van der Waals surface area contributed by atoms with Crippen molar-refractivity contribution in [3.8, 4) is 11.3 Å². The lowest BCUT2D eigenvalue weighted by molar-refractivity contribution is 0.477. The summed E-state index contributed by atoms with van der Waals surface area (Å²) in [6.07, 6.45) is 14.0. The van der Waals surface area contributed by atoms with Crippen LogP contribution >= 0.6 is 23.2 Å². The molecular formula is C29H32Cl2N2. The predicted molar refractivity (Wildman–Crippen MR) is 142 cm³/mol. The number of nitrogens with one attached hydrogen (secondary N) is 1. The molecule has 1 saturated carbocycles. The Bertz CT molecular complexity index is 1190. The second-order valence-electron chi connectivity index (χ2n) is 9.87. The number of nitrogens with zero attached hydrogens (tertiary/aromatic N) is 1. The van der Waals surface area contributed by atoms with E-state index < -0.39 is 0 Å². The van der Waals surface area contributed by atoms with E-state index in [4.69, 9.17) is 28.2 Å². The van der Waals surface area contributed by atoms with Gasteiger partial charge in [0, 0.05) is 11.3 Å². The fraction of sp³-hybridized carbons (Fsp3) is 0.414. The van der Waals surface area contributed by atoms with Gasteiger partial charge in [0.1, 0.15) is 5.52 Å². The van der Waals surface area contributed by atoms with E-state index in [1.54, 1.807) is 0 Å². The lowest BCUT2D eigenvalue weighted by Gasteiger charge is -2.19. The van der Waals surface area contributed by atoms with Crippen LogP contribution in [0.5, 0.6) is 0 Å². The lowest BCUT2D eigenvalue weighted by Crippen LogP contribution is -2.02. The van der Waals surface area contributed by atoms with Crippen molar-refractivity contribution in [2.75, 3.05) is 0 Å². The van der Waals surface area contributed by atoms with Crippen LogP contribution in [0.25, 0.3) is 27.9 Å². The van der Waals surface area contributed by atoms with Gasteiger partial charge in [-0.25, -0.2) is 4.98 Å². The van der Waals surface area contributed by atoms with Crippen molar-refractivity contribution in [2.45, 2.75) is 58.3 Å². The van der Waals surface area contributed by atoms with Crippen LogP contribution in [0.15, 0.2) is 49.1 Å². The molecule has 4 heteroatoms. The zero-order chi connectivity index (χ0) is 22.9. The molecule has 3 atom stereocenters. The largest absolute Gasteiger partial charge is 0.356 e. The summed E-state index contributed by atoms with van der Waals surface area (Å²) >= 11 is 13.5. The summed E-state index contributed by atoms with van der Waals surface area (Å²) in [6.45, 7) is 6.24. The molecule has 0 spiro atoms. The third-order valence-electron chi connectivity index (χ3n) is 7.77. The molecule has 1 aromatic carbocycles. The number of rotatable bonds is 6. The van der Waals surface area contributed by atoms with E-state index in [0.29, 0.717) is 16.9 Å². The number of halogens is 2. The molecule has 2 nitrogen and oxygen atoms in total. The van der Waals surface area contributed by atoms with Gasteiger partial charge in [0.05, 0.1) is 21.3 Å². The van der Waals surface area contributed by atoms with Crippen LogP contribution in [0, 0.1) is 17.8 Å². The molecule has 3 unspecified atom stereocenters. The van der Waals surface area contributed by atoms with Crippen LogP contribution in [0.3, 0.4) is 0 Å². The van der Waals surface area contributed by atoms with Gasteiger partial charge in [-0.15, -0.1) is 6.58 Å². The molecular weight excluding hydrogens is 447 g/mol. The summed E-state index contributed by atoms with van der Waals surface area (Å²) in [5.41, 5.74) is 7.37. The summed E-state index contributed by atoms with van der Waals surface area (Å²) in [5.74, 6) is 2.19. The molecule has 1 fully saturated rings. The van der Waals surface area contributed by atoms with E-state index in [1.165, 1.54) is 43.2 Å². The number of H-pyrrole nitrogens is 1. The highest BCUT2D eigenvalue weighted by Gasteiger charge is 2.25. The third kappa shape index (κ3) is 4.66. The summed E-state index contributed by atoms with van der Waals surface area (Å²) in [4.78, 5) is 8.42. The lowest BCUT2D eigenvalue weighted by atomic mass is 9.86. The van der Waals surface area contributed by atoms with Gasteiger partial charge in [-0.2, -0.15) is 0 Å². The number of pyridine rings is 1. The number of aromatic nitrogens is 2. The minimum atomic E-state index is 0.612. The molecule has 5 rings (SSSR count). The van der Waals surface area contributed by atoms with Gasteiger partial charge in [0.2, 0.25) is 0 Å². The summed E-state index contributed by atoms with van der Waals surface area (Å²) in [6, 6.07) is 10.6. The van der Waals surface area contributed by atoms with Crippen molar-refractivity contribution in [3.05, 3.63) is 70.4 Å². The van der Waals surface area contributed by atoms with E-state index in [2.05, 4.69) is 54.9 Å². The van der Waals surface area contributed by atoms with Crippen LogP contribution in [-0.2, 0) is 6.42 Å². The van der Waals surface area contributed by atoms with Gasteiger partial charge in [0.25, 0.3) is 0 Å². The monoisotopic (exact) mass is 478 g/mol. The molecule has 1 N–H and O–H groups in total. The maximum absolute atomic E-state index is 6.82. The Morgan fingerprint density at radius 2 is 1.85 bits per heavy atom. The van der Waals surface area contributed by atoms with Crippen LogP contribution in [0.4, 0.5) is 0 Å². The van der Waals surface area contributed by atoms with Crippen molar-refractivity contribution in [2.24, 2.45) is 17.8 Å². The van der Waals surface area contributed by atoms with Crippen molar-refractivity contribution in [1.29, 1.82) is 0 Å². The summed E-state index contributed by atoms with van der Waals surface area (Å²) in [7, 11) is 0. The maximum atomic E-state index is 6.82. The van der Waals surface area contributed by atoms with Gasteiger partial charge in [-0.05, 0) is 73.5 Å². The Labute approximate surface area is 207 Å². The zero-order valence-electron chi connectivity index (χ0n) is 19.3. The number of fused-ring (bicyclic) bond motifs is 1. The van der Waals surface area contributed by atoms with Crippen LogP contribution < -0.4 is 0 Å². The molecule has 0 saturated heterocycles. The average molecular weight is 479 g/mol. The molecule has 2 aliphatic carbocycles. The average Bonchev–Trinajstić information content (AvgIpc) is 3.43. The van der Waals surface area contributed by atoms with E-state index in [1.807, 2.05) is 6.07 Å². The number of hydrogen-bond acceptors (Lipinski definition) is 1. The van der Waals surface area contributed by atoms with Crippen molar-refractivity contribution < 1.29 is 0 Å². The minimum absolute atomic E-state index is 0.612. The normalized spacial score (nSPS) is 23.1. The molecule has 0 aliphatic heterocycles. The smallest absolute Gasteiger partial charge is 0.108 e. The van der Waals surface area contributed by atoms with Crippen molar-refractivity contribution in [1.82, 2.24) is 9.97 Å². The molecule has 2 aromatic heterocycles. The molecule has 0 radical (unpaired) electrons. The molecule has 172 valence electrons. The molecule has 3 aromatic rings. The van der Waals surface area contributed by atoms with Crippen LogP contribution in [-0.4, -0.2) is 9.97 Å². The minimum Gasteiger partial charge on any atom is -0.356 e. The predicted octanol–water partition coefficient (Wildman–Crippen LogP) is 9.27. The first-order valence-electron chi connectivity index (χ1n) is 12.3. The van der Waals surface area contributed by atoms with E-state index in [-0.39, 0.29) is 0 Å². The molecule has 33 heavy (non-hydrogen) atoms. The quantitative estimate of drug-likeness (QED) is 0.351. The van der Waals surface area contributed by atoms with Gasteiger partial charge >= 0.3 is 0 Å². The Morgan fingerprint density at radius 3 is 2.52 bits per heavy atom. The molecule has 0 amide bonds. The SMILES string of the molecule is C=CC1CC=C(c2ccc(-c3nc4c(Cl)c(CC5CCC(CC)C5)[nH]c4cc3Cl)cc2)CC1. The third-order valence-corrected chi connectivity index (χ3v) is 8.46. The summed E-state index contributed by atoms with van der Waals surface area (Å²) in [5, 5.41) is 1.40.